The van der Waals surface area contributed by atoms with Crippen LogP contribution in [0.2, 0.25) is 0 Å². The van der Waals surface area contributed by atoms with E-state index in [1.165, 1.54) is 3.57 Å². The molecule has 0 fully saturated rings. The van der Waals surface area contributed by atoms with Crippen LogP contribution in [0.3, 0.4) is 0 Å². The fraction of sp³-hybridized carbons (Fsp3) is 0.143. The molecule has 2 aromatic heterocycles. The number of halogens is 1. The van der Waals surface area contributed by atoms with Crippen molar-refractivity contribution in [3.05, 3.63) is 40.1 Å². The molecule has 20 heavy (non-hydrogen) atoms. The third-order valence-corrected chi connectivity index (χ3v) is 3.66. The molecule has 0 amide bonds. The molecular formula is C14H12IN3O2. The average molecular weight is 381 g/mol. The molecule has 0 aliphatic carbocycles. The van der Waals surface area contributed by atoms with Gasteiger partial charge in [-0.15, -0.1) is 0 Å². The Morgan fingerprint density at radius 3 is 2.45 bits per heavy atom. The Hall–Kier alpha value is -1.83. The first-order valence-electron chi connectivity index (χ1n) is 5.95. The second kappa shape index (κ2) is 5.28. The summed E-state index contributed by atoms with van der Waals surface area (Å²) in [6.07, 6.45) is 1.91. The largest absolute Gasteiger partial charge is 0.482 e. The van der Waals surface area contributed by atoms with E-state index in [-0.39, 0.29) is 0 Å². The van der Waals surface area contributed by atoms with Crippen LogP contribution in [0, 0.1) is 3.57 Å². The molecule has 0 unspecified atom stereocenters. The van der Waals surface area contributed by atoms with Crippen molar-refractivity contribution in [1.82, 2.24) is 14.4 Å². The van der Waals surface area contributed by atoms with Crippen LogP contribution < -0.4 is 9.47 Å². The fourth-order valence-corrected chi connectivity index (χ4v) is 2.30. The first kappa shape index (κ1) is 13.2. The lowest BCUT2D eigenvalue weighted by molar-refractivity contribution is 0.369. The zero-order chi connectivity index (χ0) is 14.1. The number of hydrogen-bond acceptors (Lipinski definition) is 4. The maximum Gasteiger partial charge on any atom is 0.240 e. The minimum atomic E-state index is 0.481. The number of nitrogens with zero attached hydrogens (tertiary/aromatic N) is 3. The predicted octanol–water partition coefficient (Wildman–Crippen LogP) is 3.02. The molecule has 0 aliphatic heterocycles. The Balaban J connectivity index is 2.16. The number of hydrogen-bond donors (Lipinski definition) is 0. The lowest BCUT2D eigenvalue weighted by atomic mass is 10.2. The van der Waals surface area contributed by atoms with Crippen molar-refractivity contribution in [2.24, 2.45) is 0 Å². The highest BCUT2D eigenvalue weighted by atomic mass is 127. The highest BCUT2D eigenvalue weighted by Gasteiger charge is 2.11. The van der Waals surface area contributed by atoms with Gasteiger partial charge in [0.2, 0.25) is 17.5 Å². The van der Waals surface area contributed by atoms with E-state index in [9.17, 15) is 0 Å². The third kappa shape index (κ3) is 2.31. The van der Waals surface area contributed by atoms with Crippen LogP contribution >= 0.6 is 22.6 Å². The first-order chi connectivity index (χ1) is 9.71. The molecule has 102 valence electrons. The Kier molecular flexibility index (Phi) is 3.47. The van der Waals surface area contributed by atoms with Gasteiger partial charge < -0.3 is 9.47 Å². The standard InChI is InChI=1S/C14H12IN3O2/c1-19-12-7-13(20-2)18-8-11(16-14(18)17-12)9-3-5-10(15)6-4-9/h3-8H,1-2H3. The Bertz CT molecular complexity index is 753. The van der Waals surface area contributed by atoms with Crippen LogP contribution in [0.4, 0.5) is 0 Å². The van der Waals surface area contributed by atoms with Gasteiger partial charge in [0.25, 0.3) is 0 Å². The van der Waals surface area contributed by atoms with E-state index in [2.05, 4.69) is 32.6 Å². The second-order valence-corrected chi connectivity index (χ2v) is 5.39. The van der Waals surface area contributed by atoms with Crippen LogP contribution in [-0.4, -0.2) is 28.6 Å². The summed E-state index contributed by atoms with van der Waals surface area (Å²) in [5.41, 5.74) is 1.89. The molecule has 0 bridgehead atoms. The van der Waals surface area contributed by atoms with Gasteiger partial charge in [0.15, 0.2) is 0 Å². The SMILES string of the molecule is COc1cc(OC)n2cc(-c3ccc(I)cc3)nc2n1. The van der Waals surface area contributed by atoms with Crippen LogP contribution in [-0.2, 0) is 0 Å². The van der Waals surface area contributed by atoms with Gasteiger partial charge >= 0.3 is 0 Å². The maximum atomic E-state index is 5.34. The third-order valence-electron chi connectivity index (χ3n) is 2.94. The predicted molar refractivity (Wildman–Crippen MR) is 84.2 cm³/mol. The molecule has 3 aromatic rings. The second-order valence-electron chi connectivity index (χ2n) is 4.14. The number of benzene rings is 1. The van der Waals surface area contributed by atoms with Crippen LogP contribution in [0.15, 0.2) is 36.5 Å². The van der Waals surface area contributed by atoms with Crippen molar-refractivity contribution in [2.75, 3.05) is 14.2 Å². The molecule has 0 aliphatic rings. The smallest absolute Gasteiger partial charge is 0.240 e. The summed E-state index contributed by atoms with van der Waals surface area (Å²) in [7, 11) is 3.18. The van der Waals surface area contributed by atoms with Gasteiger partial charge in [0.05, 0.1) is 26.0 Å². The molecule has 2 heterocycles. The van der Waals surface area contributed by atoms with Crippen molar-refractivity contribution >= 4 is 28.4 Å². The summed E-state index contributed by atoms with van der Waals surface area (Å²) in [4.78, 5) is 8.83. The highest BCUT2D eigenvalue weighted by molar-refractivity contribution is 14.1. The molecule has 6 heteroatoms. The van der Waals surface area contributed by atoms with Crippen molar-refractivity contribution in [3.8, 4) is 23.0 Å². The summed E-state index contributed by atoms with van der Waals surface area (Å²) >= 11 is 2.28. The molecule has 3 rings (SSSR count). The van der Waals surface area contributed by atoms with Crippen molar-refractivity contribution in [3.63, 3.8) is 0 Å². The minimum absolute atomic E-state index is 0.481. The van der Waals surface area contributed by atoms with Gasteiger partial charge in [-0.1, -0.05) is 12.1 Å². The quantitative estimate of drug-likeness (QED) is 0.655. The lowest BCUT2D eigenvalue weighted by Crippen LogP contribution is -1.97. The molecule has 0 saturated heterocycles. The van der Waals surface area contributed by atoms with Gasteiger partial charge in [-0.05, 0) is 34.7 Å². The van der Waals surface area contributed by atoms with E-state index in [0.29, 0.717) is 17.5 Å². The number of methoxy groups -OCH3 is 2. The molecular weight excluding hydrogens is 369 g/mol. The van der Waals surface area contributed by atoms with E-state index in [0.717, 1.165) is 11.3 Å². The Morgan fingerprint density at radius 1 is 1.05 bits per heavy atom. The monoisotopic (exact) mass is 381 g/mol. The van der Waals surface area contributed by atoms with Crippen LogP contribution in [0.5, 0.6) is 11.8 Å². The maximum absolute atomic E-state index is 5.34. The summed E-state index contributed by atoms with van der Waals surface area (Å²) in [6.45, 7) is 0. The average Bonchev–Trinajstić information content (AvgIpc) is 2.90. The number of fused-ring (bicyclic) bond motifs is 1. The van der Waals surface area contributed by atoms with Gasteiger partial charge in [-0.2, -0.15) is 4.98 Å². The topological polar surface area (TPSA) is 48.7 Å². The van der Waals surface area contributed by atoms with Crippen molar-refractivity contribution in [2.45, 2.75) is 0 Å². The molecule has 0 saturated carbocycles. The molecule has 0 atom stereocenters. The highest BCUT2D eigenvalue weighted by Crippen LogP contribution is 2.25. The van der Waals surface area contributed by atoms with Gasteiger partial charge in [-0.3, -0.25) is 4.40 Å². The summed E-state index contributed by atoms with van der Waals surface area (Å²) in [6, 6.07) is 9.89. The number of aromatic nitrogens is 3. The normalized spacial score (nSPS) is 10.8. The first-order valence-corrected chi connectivity index (χ1v) is 7.03. The summed E-state index contributed by atoms with van der Waals surface area (Å²) in [5.74, 6) is 1.67. The number of ether oxygens (including phenoxy) is 2. The molecule has 0 radical (unpaired) electrons. The summed E-state index contributed by atoms with van der Waals surface area (Å²) in [5, 5.41) is 0. The van der Waals surface area contributed by atoms with Crippen molar-refractivity contribution < 1.29 is 9.47 Å². The minimum Gasteiger partial charge on any atom is -0.482 e. The molecule has 0 spiro atoms. The Morgan fingerprint density at radius 2 is 1.80 bits per heavy atom. The fourth-order valence-electron chi connectivity index (χ4n) is 1.94. The van der Waals surface area contributed by atoms with Gasteiger partial charge in [0.1, 0.15) is 0 Å². The number of imidazole rings is 1. The van der Waals surface area contributed by atoms with E-state index < -0.39 is 0 Å². The van der Waals surface area contributed by atoms with E-state index in [1.807, 2.05) is 30.5 Å². The van der Waals surface area contributed by atoms with Crippen molar-refractivity contribution in [1.29, 1.82) is 0 Å². The van der Waals surface area contributed by atoms with Gasteiger partial charge in [0, 0.05) is 15.3 Å². The van der Waals surface area contributed by atoms with Crippen LogP contribution in [0.25, 0.3) is 17.0 Å². The zero-order valence-electron chi connectivity index (χ0n) is 11.0. The molecule has 5 nitrogen and oxygen atoms in total. The number of rotatable bonds is 3. The van der Waals surface area contributed by atoms with E-state index in [4.69, 9.17) is 9.47 Å². The molecule has 1 aromatic carbocycles. The van der Waals surface area contributed by atoms with E-state index in [1.54, 1.807) is 24.7 Å². The van der Waals surface area contributed by atoms with Crippen LogP contribution in [0.1, 0.15) is 0 Å². The molecule has 0 N–H and O–H groups in total. The zero-order valence-corrected chi connectivity index (χ0v) is 13.2. The van der Waals surface area contributed by atoms with Gasteiger partial charge in [-0.25, -0.2) is 4.98 Å². The lowest BCUT2D eigenvalue weighted by Gasteiger charge is -2.04. The summed E-state index contributed by atoms with van der Waals surface area (Å²) < 4.78 is 13.5. The Labute approximate surface area is 129 Å². The van der Waals surface area contributed by atoms with E-state index >= 15 is 0 Å².